The first kappa shape index (κ1) is 18.6. The van der Waals surface area contributed by atoms with E-state index in [1.807, 2.05) is 43.3 Å². The Labute approximate surface area is 149 Å². The lowest BCUT2D eigenvalue weighted by Crippen LogP contribution is -2.37. The summed E-state index contributed by atoms with van der Waals surface area (Å²) >= 11 is 0. The molecule has 134 valence electrons. The van der Waals surface area contributed by atoms with Crippen LogP contribution in [-0.2, 0) is 12.8 Å². The van der Waals surface area contributed by atoms with Gasteiger partial charge in [0.2, 0.25) is 0 Å². The lowest BCUT2D eigenvalue weighted by Gasteiger charge is -2.11. The van der Waals surface area contributed by atoms with E-state index in [4.69, 9.17) is 9.47 Å². The number of hydrogen-bond acceptors (Lipinski definition) is 3. The second-order valence-electron chi connectivity index (χ2n) is 5.59. The van der Waals surface area contributed by atoms with Gasteiger partial charge in [0, 0.05) is 13.1 Å². The van der Waals surface area contributed by atoms with Crippen LogP contribution in [0.15, 0.2) is 48.5 Å². The Morgan fingerprint density at radius 3 is 2.24 bits per heavy atom. The second kappa shape index (κ2) is 10.2. The van der Waals surface area contributed by atoms with Gasteiger partial charge in [-0.05, 0) is 43.0 Å². The molecule has 0 aliphatic rings. The van der Waals surface area contributed by atoms with Gasteiger partial charge in [0.05, 0.1) is 13.7 Å². The quantitative estimate of drug-likeness (QED) is 0.736. The third-order valence-corrected chi connectivity index (χ3v) is 3.77. The molecule has 5 nitrogen and oxygen atoms in total. The highest BCUT2D eigenvalue weighted by molar-refractivity contribution is 5.73. The first-order valence-electron chi connectivity index (χ1n) is 8.58. The second-order valence-corrected chi connectivity index (χ2v) is 5.59. The van der Waals surface area contributed by atoms with Gasteiger partial charge in [-0.1, -0.05) is 36.4 Å². The molecule has 0 saturated heterocycles. The number of rotatable bonds is 9. The van der Waals surface area contributed by atoms with Crippen LogP contribution in [-0.4, -0.2) is 32.8 Å². The average Bonchev–Trinajstić information content (AvgIpc) is 2.64. The average molecular weight is 342 g/mol. The van der Waals surface area contributed by atoms with Crippen molar-refractivity contribution in [3.8, 4) is 11.5 Å². The van der Waals surface area contributed by atoms with E-state index in [0.717, 1.165) is 24.2 Å². The van der Waals surface area contributed by atoms with Gasteiger partial charge >= 0.3 is 6.03 Å². The number of benzene rings is 2. The van der Waals surface area contributed by atoms with E-state index < -0.39 is 0 Å². The van der Waals surface area contributed by atoms with E-state index in [2.05, 4.69) is 22.8 Å². The summed E-state index contributed by atoms with van der Waals surface area (Å²) in [5.41, 5.74) is 2.30. The number of nitrogens with one attached hydrogen (secondary N) is 2. The van der Waals surface area contributed by atoms with Crippen molar-refractivity contribution in [2.24, 2.45) is 0 Å². The molecule has 5 heteroatoms. The Balaban J connectivity index is 1.70. The minimum atomic E-state index is -0.145. The summed E-state index contributed by atoms with van der Waals surface area (Å²) in [5, 5.41) is 5.74. The molecule has 2 rings (SSSR count). The smallest absolute Gasteiger partial charge is 0.314 e. The standard InChI is InChI=1S/C20H26N2O3/c1-3-25-18-10-9-17(15-19(18)24-2)12-14-22-20(23)21-13-11-16-7-5-4-6-8-16/h4-10,15H,3,11-14H2,1-2H3,(H2,21,22,23). The molecule has 0 fully saturated rings. The number of ether oxygens (including phenoxy) is 2. The fourth-order valence-electron chi connectivity index (χ4n) is 2.49. The van der Waals surface area contributed by atoms with Gasteiger partial charge in [-0.25, -0.2) is 4.79 Å². The maximum Gasteiger partial charge on any atom is 0.314 e. The Morgan fingerprint density at radius 2 is 1.60 bits per heavy atom. The monoisotopic (exact) mass is 342 g/mol. The number of methoxy groups -OCH3 is 1. The van der Waals surface area contributed by atoms with Gasteiger partial charge in [0.25, 0.3) is 0 Å². The first-order valence-corrected chi connectivity index (χ1v) is 8.58. The number of amides is 2. The minimum absolute atomic E-state index is 0.145. The molecular formula is C20H26N2O3. The van der Waals surface area contributed by atoms with Gasteiger partial charge < -0.3 is 20.1 Å². The Morgan fingerprint density at radius 1 is 0.920 bits per heavy atom. The van der Waals surface area contributed by atoms with Crippen LogP contribution in [0.3, 0.4) is 0 Å². The zero-order valence-electron chi connectivity index (χ0n) is 14.9. The van der Waals surface area contributed by atoms with Gasteiger partial charge in [-0.3, -0.25) is 0 Å². The summed E-state index contributed by atoms with van der Waals surface area (Å²) in [6.07, 6.45) is 1.55. The van der Waals surface area contributed by atoms with Crippen molar-refractivity contribution in [1.29, 1.82) is 0 Å². The van der Waals surface area contributed by atoms with Gasteiger partial charge in [0.15, 0.2) is 11.5 Å². The molecule has 0 aromatic heterocycles. The van der Waals surface area contributed by atoms with Gasteiger partial charge in [-0.2, -0.15) is 0 Å². The van der Waals surface area contributed by atoms with Crippen LogP contribution in [0.2, 0.25) is 0 Å². The van der Waals surface area contributed by atoms with Crippen LogP contribution in [0.25, 0.3) is 0 Å². The number of hydrogen-bond donors (Lipinski definition) is 2. The first-order chi connectivity index (χ1) is 12.2. The van der Waals surface area contributed by atoms with Crippen LogP contribution in [0.5, 0.6) is 11.5 Å². The zero-order chi connectivity index (χ0) is 17.9. The van der Waals surface area contributed by atoms with E-state index in [9.17, 15) is 4.79 Å². The fraction of sp³-hybridized carbons (Fsp3) is 0.350. The maximum absolute atomic E-state index is 11.8. The van der Waals surface area contributed by atoms with E-state index in [-0.39, 0.29) is 6.03 Å². The predicted octanol–water partition coefficient (Wildman–Crippen LogP) is 3.18. The number of carbonyl (C=O) groups is 1. The molecule has 25 heavy (non-hydrogen) atoms. The molecule has 0 aliphatic heterocycles. The summed E-state index contributed by atoms with van der Waals surface area (Å²) in [6, 6.07) is 15.8. The van der Waals surface area contributed by atoms with Crippen molar-refractivity contribution < 1.29 is 14.3 Å². The van der Waals surface area contributed by atoms with Crippen molar-refractivity contribution in [1.82, 2.24) is 10.6 Å². The van der Waals surface area contributed by atoms with Crippen molar-refractivity contribution in [2.75, 3.05) is 26.8 Å². The van der Waals surface area contributed by atoms with E-state index >= 15 is 0 Å². The van der Waals surface area contributed by atoms with Crippen LogP contribution >= 0.6 is 0 Å². The van der Waals surface area contributed by atoms with Crippen molar-refractivity contribution in [3.05, 3.63) is 59.7 Å². The van der Waals surface area contributed by atoms with E-state index in [0.29, 0.717) is 25.4 Å². The molecule has 0 heterocycles. The van der Waals surface area contributed by atoms with Gasteiger partial charge in [0.1, 0.15) is 0 Å². The van der Waals surface area contributed by atoms with Crippen molar-refractivity contribution in [3.63, 3.8) is 0 Å². The summed E-state index contributed by atoms with van der Waals surface area (Å²) in [7, 11) is 1.63. The largest absolute Gasteiger partial charge is 0.493 e. The third kappa shape index (κ3) is 6.37. The lowest BCUT2D eigenvalue weighted by molar-refractivity contribution is 0.241. The maximum atomic E-state index is 11.8. The molecule has 0 aliphatic carbocycles. The van der Waals surface area contributed by atoms with E-state index in [1.165, 1.54) is 5.56 Å². The Hall–Kier alpha value is -2.69. The molecule has 0 unspecified atom stereocenters. The van der Waals surface area contributed by atoms with Crippen LogP contribution in [0.1, 0.15) is 18.1 Å². The molecule has 0 spiro atoms. The summed E-state index contributed by atoms with van der Waals surface area (Å²) in [5.74, 6) is 1.45. The molecule has 0 radical (unpaired) electrons. The molecular weight excluding hydrogens is 316 g/mol. The molecule has 2 aromatic rings. The molecule has 0 atom stereocenters. The highest BCUT2D eigenvalue weighted by Gasteiger charge is 2.06. The SMILES string of the molecule is CCOc1ccc(CCNC(=O)NCCc2ccccc2)cc1OC. The highest BCUT2D eigenvalue weighted by atomic mass is 16.5. The molecule has 0 saturated carbocycles. The lowest BCUT2D eigenvalue weighted by atomic mass is 10.1. The fourth-order valence-corrected chi connectivity index (χ4v) is 2.49. The topological polar surface area (TPSA) is 59.6 Å². The van der Waals surface area contributed by atoms with Crippen molar-refractivity contribution in [2.45, 2.75) is 19.8 Å². The molecule has 2 amide bonds. The Bertz CT molecular complexity index is 659. The third-order valence-electron chi connectivity index (χ3n) is 3.77. The van der Waals surface area contributed by atoms with Crippen LogP contribution in [0.4, 0.5) is 4.79 Å². The number of urea groups is 1. The summed E-state index contributed by atoms with van der Waals surface area (Å²) in [6.45, 7) is 3.72. The molecule has 2 N–H and O–H groups in total. The summed E-state index contributed by atoms with van der Waals surface area (Å²) < 4.78 is 10.8. The minimum Gasteiger partial charge on any atom is -0.493 e. The van der Waals surface area contributed by atoms with Crippen LogP contribution < -0.4 is 20.1 Å². The zero-order valence-corrected chi connectivity index (χ0v) is 14.9. The molecule has 0 bridgehead atoms. The highest BCUT2D eigenvalue weighted by Crippen LogP contribution is 2.28. The summed E-state index contributed by atoms with van der Waals surface area (Å²) in [4.78, 5) is 11.8. The van der Waals surface area contributed by atoms with Crippen LogP contribution in [0, 0.1) is 0 Å². The van der Waals surface area contributed by atoms with E-state index in [1.54, 1.807) is 7.11 Å². The van der Waals surface area contributed by atoms with Crippen molar-refractivity contribution >= 4 is 6.03 Å². The normalized spacial score (nSPS) is 10.2. The Kier molecular flexibility index (Phi) is 7.63. The predicted molar refractivity (Wildman–Crippen MR) is 99.4 cm³/mol. The molecule has 2 aromatic carbocycles. The number of carbonyl (C=O) groups excluding carboxylic acids is 1. The van der Waals surface area contributed by atoms with Gasteiger partial charge in [-0.15, -0.1) is 0 Å².